The number of amides is 1. The zero-order chi connectivity index (χ0) is 20.7. The number of anilines is 1. The summed E-state index contributed by atoms with van der Waals surface area (Å²) >= 11 is 1.79. The number of halogens is 1. The first kappa shape index (κ1) is 24.5. The molecule has 0 spiro atoms. The molecular weight excluding hydrogens is 509 g/mol. The van der Waals surface area contributed by atoms with Crippen molar-refractivity contribution in [2.45, 2.75) is 32.7 Å². The van der Waals surface area contributed by atoms with Gasteiger partial charge in [0, 0.05) is 42.2 Å². The quantitative estimate of drug-likeness (QED) is 0.286. The third-order valence-corrected chi connectivity index (χ3v) is 6.23. The lowest BCUT2D eigenvalue weighted by Crippen LogP contribution is -2.47. The van der Waals surface area contributed by atoms with Crippen molar-refractivity contribution in [2.75, 3.05) is 37.6 Å². The second kappa shape index (κ2) is 11.5. The van der Waals surface area contributed by atoms with Gasteiger partial charge in [0.25, 0.3) is 0 Å². The Balaban J connectivity index is 0.00000320. The summed E-state index contributed by atoms with van der Waals surface area (Å²) in [5.74, 6) is 0.908. The van der Waals surface area contributed by atoms with Crippen molar-refractivity contribution in [3.8, 4) is 0 Å². The van der Waals surface area contributed by atoms with Gasteiger partial charge in [-0.25, -0.2) is 4.99 Å². The summed E-state index contributed by atoms with van der Waals surface area (Å²) in [7, 11) is 0. The van der Waals surface area contributed by atoms with E-state index in [9.17, 15) is 4.79 Å². The third kappa shape index (κ3) is 6.87. The van der Waals surface area contributed by atoms with Crippen LogP contribution in [0.3, 0.4) is 0 Å². The van der Waals surface area contributed by atoms with Gasteiger partial charge in [-0.05, 0) is 36.1 Å². The fourth-order valence-electron chi connectivity index (χ4n) is 3.24. The van der Waals surface area contributed by atoms with E-state index in [-0.39, 0.29) is 35.3 Å². The van der Waals surface area contributed by atoms with Crippen LogP contribution in [0.5, 0.6) is 0 Å². The van der Waals surface area contributed by atoms with Crippen LogP contribution < -0.4 is 20.9 Å². The molecule has 1 aromatic heterocycles. The van der Waals surface area contributed by atoms with Crippen LogP contribution in [0.1, 0.15) is 31.2 Å². The molecule has 0 atom stereocenters. The second-order valence-corrected chi connectivity index (χ2v) is 8.80. The summed E-state index contributed by atoms with van der Waals surface area (Å²) in [6.07, 6.45) is 0. The van der Waals surface area contributed by atoms with Crippen LogP contribution in [0.2, 0.25) is 0 Å². The van der Waals surface area contributed by atoms with Crippen LogP contribution in [0, 0.1) is 0 Å². The lowest BCUT2D eigenvalue weighted by molar-refractivity contribution is -0.120. The molecule has 1 aliphatic rings. The Kier molecular flexibility index (Phi) is 9.41. The Labute approximate surface area is 200 Å². The molecule has 2 heterocycles. The summed E-state index contributed by atoms with van der Waals surface area (Å²) in [5.41, 5.74) is 2.27. The van der Waals surface area contributed by atoms with E-state index >= 15 is 0 Å². The fraction of sp³-hybridized carbons (Fsp3) is 0.455. The molecule has 0 radical (unpaired) electrons. The fourth-order valence-corrected chi connectivity index (χ4v) is 4.09. The summed E-state index contributed by atoms with van der Waals surface area (Å²) in [6, 6.07) is 12.6. The Hall–Kier alpha value is -1.81. The zero-order valence-electron chi connectivity index (χ0n) is 17.9. The van der Waals surface area contributed by atoms with E-state index in [0.29, 0.717) is 19.6 Å². The molecule has 8 heteroatoms. The minimum absolute atomic E-state index is 0. The number of guanidine groups is 1. The van der Waals surface area contributed by atoms with Crippen LogP contribution in [0.4, 0.5) is 5.69 Å². The van der Waals surface area contributed by atoms with Crippen molar-refractivity contribution in [1.29, 1.82) is 0 Å². The number of benzene rings is 1. The molecule has 3 N–H and O–H groups in total. The second-order valence-electron chi connectivity index (χ2n) is 7.85. The van der Waals surface area contributed by atoms with Crippen molar-refractivity contribution < 1.29 is 4.79 Å². The number of piperazine rings is 1. The Morgan fingerprint density at radius 1 is 1.23 bits per heavy atom. The summed E-state index contributed by atoms with van der Waals surface area (Å²) in [5, 5.41) is 11.8. The minimum Gasteiger partial charge on any atom is -0.360 e. The Morgan fingerprint density at radius 3 is 2.63 bits per heavy atom. The molecule has 6 nitrogen and oxygen atoms in total. The first-order valence-electron chi connectivity index (χ1n) is 10.1. The SMILES string of the molecule is CCNC(=NCc1ccc(N2CCNC(=O)C2)cc1)NCC(C)(C)c1cccs1.I. The zero-order valence-corrected chi connectivity index (χ0v) is 21.1. The van der Waals surface area contributed by atoms with E-state index in [0.717, 1.165) is 36.8 Å². The highest BCUT2D eigenvalue weighted by atomic mass is 127. The van der Waals surface area contributed by atoms with Gasteiger partial charge >= 0.3 is 0 Å². The summed E-state index contributed by atoms with van der Waals surface area (Å²) in [6.45, 7) is 10.8. The van der Waals surface area contributed by atoms with Gasteiger partial charge in [-0.2, -0.15) is 0 Å². The number of hydrogen-bond acceptors (Lipinski definition) is 4. The molecule has 1 fully saturated rings. The van der Waals surface area contributed by atoms with Crippen molar-refractivity contribution in [1.82, 2.24) is 16.0 Å². The van der Waals surface area contributed by atoms with Crippen molar-refractivity contribution in [3.05, 3.63) is 52.2 Å². The molecule has 0 unspecified atom stereocenters. The summed E-state index contributed by atoms with van der Waals surface area (Å²) in [4.78, 5) is 19.8. The molecule has 1 amide bonds. The maximum Gasteiger partial charge on any atom is 0.239 e. The normalized spacial score (nSPS) is 14.7. The summed E-state index contributed by atoms with van der Waals surface area (Å²) < 4.78 is 0. The van der Waals surface area contributed by atoms with Crippen LogP contribution in [-0.2, 0) is 16.8 Å². The standard InChI is InChI=1S/C22H31N5OS.HI/c1-4-23-21(26-16-22(2,3)19-6-5-13-29-19)25-14-17-7-9-18(10-8-17)27-12-11-24-20(28)15-27;/h5-10,13H,4,11-12,14-16H2,1-3H3,(H,24,28)(H2,23,25,26);1H. The first-order valence-corrected chi connectivity index (χ1v) is 11.0. The predicted molar refractivity (Wildman–Crippen MR) is 137 cm³/mol. The van der Waals surface area contributed by atoms with Gasteiger partial charge in [0.2, 0.25) is 5.91 Å². The average Bonchev–Trinajstić information content (AvgIpc) is 3.26. The number of rotatable bonds is 7. The topological polar surface area (TPSA) is 68.8 Å². The van der Waals surface area contributed by atoms with Gasteiger partial charge in [-0.1, -0.05) is 32.0 Å². The number of aliphatic imine (C=N–C) groups is 1. The van der Waals surface area contributed by atoms with Gasteiger partial charge in [0.15, 0.2) is 5.96 Å². The molecule has 1 aliphatic heterocycles. The molecule has 0 saturated carbocycles. The van der Waals surface area contributed by atoms with Gasteiger partial charge in [-0.3, -0.25) is 4.79 Å². The predicted octanol–water partition coefficient (Wildman–Crippen LogP) is 3.34. The molecule has 164 valence electrons. The number of nitrogens with zero attached hydrogens (tertiary/aromatic N) is 2. The van der Waals surface area contributed by atoms with Gasteiger partial charge in [0.1, 0.15) is 0 Å². The number of thiophene rings is 1. The molecule has 0 bridgehead atoms. The third-order valence-electron chi connectivity index (χ3n) is 4.99. The Bertz CT molecular complexity index is 821. The molecule has 3 rings (SSSR count). The van der Waals surface area contributed by atoms with E-state index in [1.807, 2.05) is 0 Å². The van der Waals surface area contributed by atoms with Crippen molar-refractivity contribution in [2.24, 2.45) is 4.99 Å². The highest BCUT2D eigenvalue weighted by Crippen LogP contribution is 2.26. The van der Waals surface area contributed by atoms with E-state index in [4.69, 9.17) is 4.99 Å². The van der Waals surface area contributed by atoms with E-state index in [1.165, 1.54) is 4.88 Å². The lowest BCUT2D eigenvalue weighted by atomic mass is 9.91. The molecule has 1 saturated heterocycles. The van der Waals surface area contributed by atoms with Gasteiger partial charge in [0.05, 0.1) is 13.1 Å². The van der Waals surface area contributed by atoms with Crippen LogP contribution in [0.25, 0.3) is 0 Å². The molecule has 2 aromatic rings. The number of hydrogen-bond donors (Lipinski definition) is 3. The van der Waals surface area contributed by atoms with Gasteiger partial charge < -0.3 is 20.9 Å². The average molecular weight is 542 g/mol. The highest BCUT2D eigenvalue weighted by Gasteiger charge is 2.22. The van der Waals surface area contributed by atoms with Gasteiger partial charge in [-0.15, -0.1) is 35.3 Å². The van der Waals surface area contributed by atoms with Crippen LogP contribution >= 0.6 is 35.3 Å². The maximum absolute atomic E-state index is 11.6. The van der Waals surface area contributed by atoms with Crippen LogP contribution in [0.15, 0.2) is 46.8 Å². The number of carbonyl (C=O) groups is 1. The van der Waals surface area contributed by atoms with Crippen molar-refractivity contribution in [3.63, 3.8) is 0 Å². The molecule has 1 aromatic carbocycles. The van der Waals surface area contributed by atoms with E-state index in [1.54, 1.807) is 11.3 Å². The Morgan fingerprint density at radius 2 is 2.00 bits per heavy atom. The largest absolute Gasteiger partial charge is 0.360 e. The monoisotopic (exact) mass is 541 g/mol. The molecular formula is C22H32IN5OS. The molecule has 30 heavy (non-hydrogen) atoms. The number of carbonyl (C=O) groups excluding carboxylic acids is 1. The first-order chi connectivity index (χ1) is 14.0. The minimum atomic E-state index is 0. The lowest BCUT2D eigenvalue weighted by Gasteiger charge is -2.28. The number of nitrogens with one attached hydrogen (secondary N) is 3. The maximum atomic E-state index is 11.6. The smallest absolute Gasteiger partial charge is 0.239 e. The van der Waals surface area contributed by atoms with E-state index < -0.39 is 0 Å². The molecule has 0 aliphatic carbocycles. The highest BCUT2D eigenvalue weighted by molar-refractivity contribution is 14.0. The van der Waals surface area contributed by atoms with Crippen molar-refractivity contribution >= 4 is 52.9 Å². The van der Waals surface area contributed by atoms with Crippen LogP contribution in [-0.4, -0.2) is 44.6 Å². The van der Waals surface area contributed by atoms with E-state index in [2.05, 4.69) is 83.4 Å².